The van der Waals surface area contributed by atoms with E-state index in [4.69, 9.17) is 4.74 Å². The molecule has 3 aromatic rings. The lowest BCUT2D eigenvalue weighted by Gasteiger charge is -2.25. The van der Waals surface area contributed by atoms with Gasteiger partial charge < -0.3 is 10.1 Å². The highest BCUT2D eigenvalue weighted by Crippen LogP contribution is 2.26. The van der Waals surface area contributed by atoms with E-state index in [-0.39, 0.29) is 11.8 Å². The maximum atomic E-state index is 12.3. The van der Waals surface area contributed by atoms with E-state index in [9.17, 15) is 4.79 Å². The largest absolute Gasteiger partial charge is 0.493 e. The molecule has 0 radical (unpaired) electrons. The zero-order valence-corrected chi connectivity index (χ0v) is 13.6. The molecule has 0 bridgehead atoms. The Balaban J connectivity index is 1.36. The number of fused-ring (bicyclic) bond motifs is 1. The Morgan fingerprint density at radius 3 is 2.84 bits per heavy atom. The summed E-state index contributed by atoms with van der Waals surface area (Å²) >= 11 is 0. The second kappa shape index (κ2) is 6.76. The number of amides is 1. The molecule has 0 saturated carbocycles. The van der Waals surface area contributed by atoms with Crippen molar-refractivity contribution in [1.29, 1.82) is 0 Å². The Morgan fingerprint density at radius 2 is 1.96 bits per heavy atom. The lowest BCUT2D eigenvalue weighted by Crippen LogP contribution is -2.35. The number of rotatable bonds is 4. The molecule has 1 amide bonds. The maximum Gasteiger partial charge on any atom is 0.273 e. The third-order valence-corrected chi connectivity index (χ3v) is 4.22. The van der Waals surface area contributed by atoms with E-state index in [0.717, 1.165) is 17.9 Å². The minimum Gasteiger partial charge on any atom is -0.493 e. The number of aromatic nitrogens is 3. The van der Waals surface area contributed by atoms with Crippen molar-refractivity contribution in [2.45, 2.75) is 6.42 Å². The summed E-state index contributed by atoms with van der Waals surface area (Å²) in [5.74, 6) is 0.972. The van der Waals surface area contributed by atoms with E-state index in [2.05, 4.69) is 21.6 Å². The van der Waals surface area contributed by atoms with Gasteiger partial charge in [0.1, 0.15) is 5.75 Å². The van der Waals surface area contributed by atoms with Crippen LogP contribution in [0.3, 0.4) is 0 Å². The predicted molar refractivity (Wildman–Crippen MR) is 92.8 cm³/mol. The normalized spacial score (nSPS) is 15.9. The molecule has 1 aliphatic heterocycles. The molecule has 0 fully saturated rings. The number of carbonyl (C=O) groups is 1. The maximum absolute atomic E-state index is 12.3. The third kappa shape index (κ3) is 3.38. The van der Waals surface area contributed by atoms with E-state index in [1.165, 1.54) is 16.6 Å². The molecule has 25 heavy (non-hydrogen) atoms. The van der Waals surface area contributed by atoms with Crippen molar-refractivity contribution in [3.8, 4) is 11.4 Å². The Kier molecular flexibility index (Phi) is 4.16. The second-order valence-corrected chi connectivity index (χ2v) is 6.05. The number of nitrogens with zero attached hydrogens (tertiary/aromatic N) is 3. The topological polar surface area (TPSA) is 69.0 Å². The number of para-hydroxylation sites is 2. The molecule has 1 atom stereocenters. The van der Waals surface area contributed by atoms with Crippen molar-refractivity contribution >= 4 is 5.91 Å². The van der Waals surface area contributed by atoms with Crippen molar-refractivity contribution in [2.75, 3.05) is 13.2 Å². The number of benzene rings is 2. The van der Waals surface area contributed by atoms with Crippen LogP contribution in [-0.2, 0) is 6.42 Å². The molecular formula is C19H18N4O2. The molecule has 1 aliphatic rings. The predicted octanol–water partition coefficient (Wildman–Crippen LogP) is 2.25. The smallest absolute Gasteiger partial charge is 0.273 e. The van der Waals surface area contributed by atoms with Crippen LogP contribution in [0.5, 0.6) is 5.75 Å². The van der Waals surface area contributed by atoms with Gasteiger partial charge in [0.15, 0.2) is 5.69 Å². The van der Waals surface area contributed by atoms with Crippen molar-refractivity contribution in [3.05, 3.63) is 72.1 Å². The lowest BCUT2D eigenvalue weighted by atomic mass is 9.97. The summed E-state index contributed by atoms with van der Waals surface area (Å²) in [6.07, 6.45) is 2.38. The summed E-state index contributed by atoms with van der Waals surface area (Å²) < 4.78 is 5.75. The van der Waals surface area contributed by atoms with Crippen LogP contribution in [0.2, 0.25) is 0 Å². The average Bonchev–Trinajstić information content (AvgIpc) is 3.17. The third-order valence-electron chi connectivity index (χ3n) is 4.22. The summed E-state index contributed by atoms with van der Waals surface area (Å²) in [7, 11) is 0. The highest BCUT2D eigenvalue weighted by atomic mass is 16.5. The van der Waals surface area contributed by atoms with Gasteiger partial charge in [-0.2, -0.15) is 9.90 Å². The highest BCUT2D eigenvalue weighted by molar-refractivity contribution is 5.91. The molecule has 0 saturated heterocycles. The van der Waals surface area contributed by atoms with Gasteiger partial charge in [0.25, 0.3) is 5.91 Å². The molecule has 0 spiro atoms. The van der Waals surface area contributed by atoms with Crippen molar-refractivity contribution in [1.82, 2.24) is 20.3 Å². The van der Waals surface area contributed by atoms with Gasteiger partial charge in [-0.1, -0.05) is 36.4 Å². The van der Waals surface area contributed by atoms with E-state index < -0.39 is 0 Å². The van der Waals surface area contributed by atoms with Gasteiger partial charge in [-0.15, -0.1) is 5.10 Å². The molecule has 1 aromatic heterocycles. The second-order valence-electron chi connectivity index (χ2n) is 6.05. The Labute approximate surface area is 145 Å². The van der Waals surface area contributed by atoms with Crippen LogP contribution < -0.4 is 10.1 Å². The number of carbonyl (C=O) groups excluding carboxylic acids is 1. The fourth-order valence-electron chi connectivity index (χ4n) is 2.90. The molecule has 6 heteroatoms. The fraction of sp³-hybridized carbons (Fsp3) is 0.211. The molecule has 2 aromatic carbocycles. The van der Waals surface area contributed by atoms with Gasteiger partial charge in [0.2, 0.25) is 0 Å². The summed E-state index contributed by atoms with van der Waals surface area (Å²) in [6.45, 7) is 1.15. The molecular weight excluding hydrogens is 316 g/mol. The summed E-state index contributed by atoms with van der Waals surface area (Å²) in [6, 6.07) is 17.5. The van der Waals surface area contributed by atoms with E-state index in [0.29, 0.717) is 18.8 Å². The van der Waals surface area contributed by atoms with Gasteiger partial charge in [-0.05, 0) is 30.2 Å². The van der Waals surface area contributed by atoms with Gasteiger partial charge in [0, 0.05) is 12.5 Å². The molecule has 2 heterocycles. The highest BCUT2D eigenvalue weighted by Gasteiger charge is 2.21. The summed E-state index contributed by atoms with van der Waals surface area (Å²) in [4.78, 5) is 13.8. The Bertz CT molecular complexity index is 876. The van der Waals surface area contributed by atoms with Crippen molar-refractivity contribution in [2.24, 2.45) is 5.92 Å². The standard InChI is InChI=1S/C19H18N4O2/c24-19(17-12-21-23(22-17)16-7-2-1-3-8-16)20-11-14-10-15-6-4-5-9-18(15)25-13-14/h1-9,12,14H,10-11,13H2,(H,20,24)/t14-/m1/s1. The average molecular weight is 334 g/mol. The minimum atomic E-state index is -0.221. The first-order valence-corrected chi connectivity index (χ1v) is 8.26. The summed E-state index contributed by atoms with van der Waals surface area (Å²) in [5, 5.41) is 11.3. The van der Waals surface area contributed by atoms with Crippen LogP contribution in [0.25, 0.3) is 5.69 Å². The molecule has 1 N–H and O–H groups in total. The number of nitrogens with one attached hydrogen (secondary N) is 1. The van der Waals surface area contributed by atoms with Gasteiger partial charge in [-0.3, -0.25) is 4.79 Å². The van der Waals surface area contributed by atoms with Crippen molar-refractivity contribution in [3.63, 3.8) is 0 Å². The van der Waals surface area contributed by atoms with Crippen LogP contribution in [-0.4, -0.2) is 34.1 Å². The van der Waals surface area contributed by atoms with E-state index >= 15 is 0 Å². The van der Waals surface area contributed by atoms with Crippen LogP contribution >= 0.6 is 0 Å². The zero-order valence-electron chi connectivity index (χ0n) is 13.6. The number of hydrogen-bond acceptors (Lipinski definition) is 4. The van der Waals surface area contributed by atoms with Crippen LogP contribution in [0.4, 0.5) is 0 Å². The lowest BCUT2D eigenvalue weighted by molar-refractivity contribution is 0.0933. The molecule has 0 unspecified atom stereocenters. The van der Waals surface area contributed by atoms with Crippen LogP contribution in [0.1, 0.15) is 16.1 Å². The molecule has 4 rings (SSSR count). The van der Waals surface area contributed by atoms with Crippen LogP contribution in [0, 0.1) is 5.92 Å². The monoisotopic (exact) mass is 334 g/mol. The first kappa shape index (κ1) is 15.4. The number of hydrogen-bond donors (Lipinski definition) is 1. The Hall–Kier alpha value is -3.15. The van der Waals surface area contributed by atoms with Gasteiger partial charge in [0.05, 0.1) is 18.5 Å². The molecule has 6 nitrogen and oxygen atoms in total. The van der Waals surface area contributed by atoms with Gasteiger partial charge >= 0.3 is 0 Å². The molecule has 126 valence electrons. The fourth-order valence-corrected chi connectivity index (χ4v) is 2.90. The van der Waals surface area contributed by atoms with Crippen LogP contribution in [0.15, 0.2) is 60.8 Å². The minimum absolute atomic E-state index is 0.221. The zero-order chi connectivity index (χ0) is 17.1. The van der Waals surface area contributed by atoms with Gasteiger partial charge in [-0.25, -0.2) is 0 Å². The van der Waals surface area contributed by atoms with E-state index in [1.54, 1.807) is 0 Å². The Morgan fingerprint density at radius 1 is 1.16 bits per heavy atom. The molecule has 0 aliphatic carbocycles. The number of ether oxygens (including phenoxy) is 1. The van der Waals surface area contributed by atoms with Crippen molar-refractivity contribution < 1.29 is 9.53 Å². The van der Waals surface area contributed by atoms with E-state index in [1.807, 2.05) is 48.5 Å². The quantitative estimate of drug-likeness (QED) is 0.794. The first-order chi connectivity index (χ1) is 12.3. The first-order valence-electron chi connectivity index (χ1n) is 8.26. The SMILES string of the molecule is O=C(NC[C@@H]1COc2ccccc2C1)c1cnn(-c2ccccc2)n1. The summed E-state index contributed by atoms with van der Waals surface area (Å²) in [5.41, 5.74) is 2.31.